The van der Waals surface area contributed by atoms with Gasteiger partial charge in [0, 0.05) is 18.5 Å². The molecule has 5 heteroatoms. The second kappa shape index (κ2) is 7.30. The lowest BCUT2D eigenvalue weighted by atomic mass is 10.1. The van der Waals surface area contributed by atoms with E-state index in [0.29, 0.717) is 24.9 Å². The van der Waals surface area contributed by atoms with Crippen LogP contribution in [0.15, 0.2) is 30.3 Å². The number of ketones is 1. The molecule has 0 aromatic heterocycles. The SMILES string of the molecule is O=C(CCCNC(=O)C(Cl)Cl)c1ccccc1. The van der Waals surface area contributed by atoms with Gasteiger partial charge in [-0.1, -0.05) is 53.5 Å². The predicted octanol–water partition coefficient (Wildman–Crippen LogP) is 2.57. The van der Waals surface area contributed by atoms with Crippen LogP contribution in [0.1, 0.15) is 23.2 Å². The average molecular weight is 274 g/mol. The maximum atomic E-state index is 11.7. The Bertz CT molecular complexity index is 379. The fourth-order valence-electron chi connectivity index (χ4n) is 1.31. The summed E-state index contributed by atoms with van der Waals surface area (Å²) in [5.41, 5.74) is 0.686. The lowest BCUT2D eigenvalue weighted by Gasteiger charge is -2.05. The van der Waals surface area contributed by atoms with Crippen molar-refractivity contribution in [1.29, 1.82) is 0 Å². The molecule has 0 spiro atoms. The van der Waals surface area contributed by atoms with E-state index < -0.39 is 10.7 Å². The number of amides is 1. The second-order valence-corrected chi connectivity index (χ2v) is 4.58. The molecule has 1 amide bonds. The Labute approximate surface area is 110 Å². The molecule has 3 nitrogen and oxygen atoms in total. The van der Waals surface area contributed by atoms with E-state index in [1.807, 2.05) is 18.2 Å². The van der Waals surface area contributed by atoms with Gasteiger partial charge in [-0.3, -0.25) is 9.59 Å². The maximum absolute atomic E-state index is 11.7. The van der Waals surface area contributed by atoms with Crippen LogP contribution in [-0.2, 0) is 4.79 Å². The van der Waals surface area contributed by atoms with Crippen LogP contribution in [0, 0.1) is 0 Å². The van der Waals surface area contributed by atoms with Gasteiger partial charge in [0.15, 0.2) is 10.6 Å². The Morgan fingerprint density at radius 3 is 2.41 bits per heavy atom. The third kappa shape index (κ3) is 5.20. The van der Waals surface area contributed by atoms with Crippen molar-refractivity contribution < 1.29 is 9.59 Å². The molecule has 1 rings (SSSR count). The molecular weight excluding hydrogens is 261 g/mol. The first-order valence-electron chi connectivity index (χ1n) is 5.25. The summed E-state index contributed by atoms with van der Waals surface area (Å²) in [7, 11) is 0. The molecule has 0 atom stereocenters. The Balaban J connectivity index is 2.24. The molecule has 0 aliphatic heterocycles. The lowest BCUT2D eigenvalue weighted by molar-refractivity contribution is -0.119. The molecular formula is C12H13Cl2NO2. The minimum Gasteiger partial charge on any atom is -0.354 e. The van der Waals surface area contributed by atoms with Crippen molar-refractivity contribution in [2.45, 2.75) is 17.7 Å². The van der Waals surface area contributed by atoms with E-state index >= 15 is 0 Å². The minimum absolute atomic E-state index is 0.0631. The molecule has 1 N–H and O–H groups in total. The third-order valence-electron chi connectivity index (χ3n) is 2.17. The highest BCUT2D eigenvalue weighted by molar-refractivity contribution is 6.53. The van der Waals surface area contributed by atoms with Gasteiger partial charge in [-0.05, 0) is 6.42 Å². The number of benzene rings is 1. The van der Waals surface area contributed by atoms with E-state index in [4.69, 9.17) is 23.2 Å². The average Bonchev–Trinajstić information content (AvgIpc) is 2.35. The van der Waals surface area contributed by atoms with Crippen molar-refractivity contribution in [2.75, 3.05) is 6.54 Å². The first kappa shape index (κ1) is 14.0. The number of halogens is 2. The van der Waals surface area contributed by atoms with Gasteiger partial charge in [-0.2, -0.15) is 0 Å². The first-order valence-corrected chi connectivity index (χ1v) is 6.12. The molecule has 1 aromatic carbocycles. The summed E-state index contributed by atoms with van der Waals surface area (Å²) in [6.45, 7) is 0.396. The zero-order chi connectivity index (χ0) is 12.7. The summed E-state index contributed by atoms with van der Waals surface area (Å²) in [6.07, 6.45) is 0.958. The predicted molar refractivity (Wildman–Crippen MR) is 68.5 cm³/mol. The summed E-state index contributed by atoms with van der Waals surface area (Å²) >= 11 is 10.7. The summed E-state index contributed by atoms with van der Waals surface area (Å²) in [4.78, 5) is 21.6. The van der Waals surface area contributed by atoms with Gasteiger partial charge in [-0.25, -0.2) is 0 Å². The topological polar surface area (TPSA) is 46.2 Å². The molecule has 92 valence electrons. The monoisotopic (exact) mass is 273 g/mol. The normalized spacial score (nSPS) is 10.3. The quantitative estimate of drug-likeness (QED) is 0.492. The largest absolute Gasteiger partial charge is 0.354 e. The number of Topliss-reactive ketones (excluding diaryl/α,β-unsaturated/α-hetero) is 1. The molecule has 0 fully saturated rings. The Morgan fingerprint density at radius 2 is 1.82 bits per heavy atom. The summed E-state index contributed by atoms with van der Waals surface area (Å²) in [6, 6.07) is 9.04. The third-order valence-corrected chi connectivity index (χ3v) is 2.57. The van der Waals surface area contributed by atoms with Gasteiger partial charge in [0.1, 0.15) is 0 Å². The van der Waals surface area contributed by atoms with Crippen molar-refractivity contribution >= 4 is 34.9 Å². The van der Waals surface area contributed by atoms with Crippen LogP contribution in [0.2, 0.25) is 0 Å². The molecule has 0 saturated carbocycles. The van der Waals surface area contributed by atoms with Crippen molar-refractivity contribution in [3.63, 3.8) is 0 Å². The van der Waals surface area contributed by atoms with Gasteiger partial charge in [-0.15, -0.1) is 0 Å². The van der Waals surface area contributed by atoms with Gasteiger partial charge in [0.25, 0.3) is 5.91 Å². The van der Waals surface area contributed by atoms with Crippen LogP contribution in [0.25, 0.3) is 0 Å². The molecule has 1 aromatic rings. The number of rotatable bonds is 6. The number of hydrogen-bond acceptors (Lipinski definition) is 2. The number of carbonyl (C=O) groups excluding carboxylic acids is 2. The summed E-state index contributed by atoms with van der Waals surface area (Å²) in [5.74, 6) is -0.367. The Morgan fingerprint density at radius 1 is 1.18 bits per heavy atom. The molecule has 0 radical (unpaired) electrons. The van der Waals surface area contributed by atoms with Crippen molar-refractivity contribution in [3.8, 4) is 0 Å². The summed E-state index contributed by atoms with van der Waals surface area (Å²) < 4.78 is 0. The fraction of sp³-hybridized carbons (Fsp3) is 0.333. The Hall–Kier alpha value is -1.06. The van der Waals surface area contributed by atoms with Crippen LogP contribution in [-0.4, -0.2) is 23.1 Å². The van der Waals surface area contributed by atoms with Gasteiger partial charge < -0.3 is 5.32 Å². The van der Waals surface area contributed by atoms with Crippen LogP contribution >= 0.6 is 23.2 Å². The van der Waals surface area contributed by atoms with E-state index in [1.165, 1.54) is 0 Å². The van der Waals surface area contributed by atoms with Crippen molar-refractivity contribution in [1.82, 2.24) is 5.32 Å². The van der Waals surface area contributed by atoms with E-state index in [0.717, 1.165) is 0 Å². The standard InChI is InChI=1S/C12H13Cl2NO2/c13-11(14)12(17)15-8-4-7-10(16)9-5-2-1-3-6-9/h1-3,5-6,11H,4,7-8H2,(H,15,17). The first-order chi connectivity index (χ1) is 8.11. The van der Waals surface area contributed by atoms with Crippen LogP contribution in [0.4, 0.5) is 0 Å². The van der Waals surface area contributed by atoms with E-state index in [1.54, 1.807) is 12.1 Å². The molecule has 0 bridgehead atoms. The van der Waals surface area contributed by atoms with Gasteiger partial charge >= 0.3 is 0 Å². The number of nitrogens with one attached hydrogen (secondary N) is 1. The smallest absolute Gasteiger partial charge is 0.253 e. The number of carbonyl (C=O) groups is 2. The Kier molecular flexibility index (Phi) is 6.01. The highest BCUT2D eigenvalue weighted by Gasteiger charge is 2.10. The van der Waals surface area contributed by atoms with Crippen molar-refractivity contribution in [2.24, 2.45) is 0 Å². The maximum Gasteiger partial charge on any atom is 0.253 e. The zero-order valence-electron chi connectivity index (χ0n) is 9.16. The number of alkyl halides is 2. The summed E-state index contributed by atoms with van der Waals surface area (Å²) in [5, 5.41) is 2.53. The van der Waals surface area contributed by atoms with Crippen LogP contribution < -0.4 is 5.32 Å². The van der Waals surface area contributed by atoms with E-state index in [-0.39, 0.29) is 5.78 Å². The molecule has 0 unspecified atom stereocenters. The molecule has 0 saturated heterocycles. The van der Waals surface area contributed by atoms with Crippen LogP contribution in [0.3, 0.4) is 0 Å². The molecule has 0 aliphatic carbocycles. The fourth-order valence-corrected chi connectivity index (χ4v) is 1.46. The molecule has 0 aliphatic rings. The molecule has 17 heavy (non-hydrogen) atoms. The van der Waals surface area contributed by atoms with Crippen LogP contribution in [0.5, 0.6) is 0 Å². The van der Waals surface area contributed by atoms with Crippen molar-refractivity contribution in [3.05, 3.63) is 35.9 Å². The lowest BCUT2D eigenvalue weighted by Crippen LogP contribution is -2.29. The van der Waals surface area contributed by atoms with E-state index in [9.17, 15) is 9.59 Å². The zero-order valence-corrected chi connectivity index (χ0v) is 10.7. The van der Waals surface area contributed by atoms with Gasteiger partial charge in [0.05, 0.1) is 0 Å². The minimum atomic E-state index is -1.06. The van der Waals surface area contributed by atoms with E-state index in [2.05, 4.69) is 5.32 Å². The second-order valence-electron chi connectivity index (χ2n) is 3.48. The van der Waals surface area contributed by atoms with Gasteiger partial charge in [0.2, 0.25) is 0 Å². The molecule has 0 heterocycles. The highest BCUT2D eigenvalue weighted by atomic mass is 35.5. The number of hydrogen-bond donors (Lipinski definition) is 1. The highest BCUT2D eigenvalue weighted by Crippen LogP contribution is 2.05.